The number of aromatic nitrogens is 1. The zero-order valence-corrected chi connectivity index (χ0v) is 15.0. The SMILES string of the molecule is O=C(Nc1ccc2c(c1)OCO2)c1cccnc1Sc1ccc(Cl)cc1. The van der Waals surface area contributed by atoms with Crippen LogP contribution < -0.4 is 14.8 Å². The number of nitrogens with one attached hydrogen (secondary N) is 1. The van der Waals surface area contributed by atoms with E-state index in [-0.39, 0.29) is 12.7 Å². The number of hydrogen-bond donors (Lipinski definition) is 1. The molecule has 4 rings (SSSR count). The number of ether oxygens (including phenoxy) is 2. The van der Waals surface area contributed by atoms with Gasteiger partial charge in [0, 0.05) is 27.9 Å². The highest BCUT2D eigenvalue weighted by Crippen LogP contribution is 2.35. The van der Waals surface area contributed by atoms with Crippen LogP contribution in [0.2, 0.25) is 5.02 Å². The van der Waals surface area contributed by atoms with E-state index < -0.39 is 0 Å². The van der Waals surface area contributed by atoms with E-state index in [1.54, 1.807) is 48.7 Å². The number of hydrogen-bond acceptors (Lipinski definition) is 5. The van der Waals surface area contributed by atoms with Crippen molar-refractivity contribution in [2.24, 2.45) is 0 Å². The number of fused-ring (bicyclic) bond motifs is 1. The Morgan fingerprint density at radius 1 is 1.08 bits per heavy atom. The Bertz CT molecular complexity index is 963. The van der Waals surface area contributed by atoms with Crippen molar-refractivity contribution in [2.75, 3.05) is 12.1 Å². The van der Waals surface area contributed by atoms with Gasteiger partial charge in [-0.25, -0.2) is 4.98 Å². The Morgan fingerprint density at radius 3 is 2.73 bits per heavy atom. The molecule has 1 aliphatic rings. The normalized spacial score (nSPS) is 12.0. The molecule has 3 aromatic rings. The first-order valence-electron chi connectivity index (χ1n) is 7.78. The molecule has 0 spiro atoms. The summed E-state index contributed by atoms with van der Waals surface area (Å²) in [4.78, 5) is 18.0. The number of amides is 1. The maximum Gasteiger partial charge on any atom is 0.258 e. The number of carbonyl (C=O) groups is 1. The van der Waals surface area contributed by atoms with E-state index in [1.807, 2.05) is 12.1 Å². The van der Waals surface area contributed by atoms with Gasteiger partial charge in [-0.2, -0.15) is 0 Å². The summed E-state index contributed by atoms with van der Waals surface area (Å²) in [7, 11) is 0. The molecule has 1 aromatic heterocycles. The van der Waals surface area contributed by atoms with E-state index in [4.69, 9.17) is 21.1 Å². The number of halogens is 1. The maximum absolute atomic E-state index is 12.7. The molecule has 0 unspecified atom stereocenters. The zero-order chi connectivity index (χ0) is 17.9. The number of pyridine rings is 1. The molecule has 0 bridgehead atoms. The van der Waals surface area contributed by atoms with Gasteiger partial charge in [0.25, 0.3) is 5.91 Å². The fraction of sp³-hybridized carbons (Fsp3) is 0.0526. The van der Waals surface area contributed by atoms with Crippen molar-refractivity contribution in [3.8, 4) is 11.5 Å². The van der Waals surface area contributed by atoms with Crippen LogP contribution in [-0.2, 0) is 0 Å². The molecule has 26 heavy (non-hydrogen) atoms. The van der Waals surface area contributed by atoms with Crippen LogP contribution in [0.1, 0.15) is 10.4 Å². The Hall–Kier alpha value is -2.70. The van der Waals surface area contributed by atoms with E-state index in [9.17, 15) is 4.79 Å². The first-order valence-corrected chi connectivity index (χ1v) is 8.98. The first-order chi connectivity index (χ1) is 12.7. The molecule has 2 aromatic carbocycles. The minimum atomic E-state index is -0.242. The molecule has 1 amide bonds. The topological polar surface area (TPSA) is 60.5 Å². The van der Waals surface area contributed by atoms with Gasteiger partial charge in [0.05, 0.1) is 5.56 Å². The van der Waals surface area contributed by atoms with Crippen LogP contribution in [-0.4, -0.2) is 17.7 Å². The number of anilines is 1. The van der Waals surface area contributed by atoms with Crippen LogP contribution in [0.3, 0.4) is 0 Å². The highest BCUT2D eigenvalue weighted by atomic mass is 35.5. The Kier molecular flexibility index (Phi) is 4.69. The van der Waals surface area contributed by atoms with Gasteiger partial charge in [0.15, 0.2) is 11.5 Å². The molecule has 0 aliphatic carbocycles. The summed E-state index contributed by atoms with van der Waals surface area (Å²) < 4.78 is 10.6. The highest BCUT2D eigenvalue weighted by molar-refractivity contribution is 7.99. The third-order valence-corrected chi connectivity index (χ3v) is 4.95. The molecule has 0 saturated heterocycles. The smallest absolute Gasteiger partial charge is 0.258 e. The monoisotopic (exact) mass is 384 g/mol. The molecule has 0 atom stereocenters. The van der Waals surface area contributed by atoms with Gasteiger partial charge in [-0.1, -0.05) is 23.4 Å². The van der Waals surface area contributed by atoms with E-state index in [0.29, 0.717) is 32.8 Å². The second kappa shape index (κ2) is 7.27. The highest BCUT2D eigenvalue weighted by Gasteiger charge is 2.17. The van der Waals surface area contributed by atoms with Crippen LogP contribution in [0.25, 0.3) is 0 Å². The average molecular weight is 385 g/mol. The van der Waals surface area contributed by atoms with Gasteiger partial charge in [0.2, 0.25) is 6.79 Å². The van der Waals surface area contributed by atoms with Crippen molar-refractivity contribution < 1.29 is 14.3 Å². The predicted molar refractivity (Wildman–Crippen MR) is 100 cm³/mol. The molecule has 1 aliphatic heterocycles. The Balaban J connectivity index is 1.55. The van der Waals surface area contributed by atoms with Crippen LogP contribution in [0.15, 0.2) is 70.7 Å². The summed E-state index contributed by atoms with van der Waals surface area (Å²) in [6, 6.07) is 16.1. The van der Waals surface area contributed by atoms with Crippen molar-refractivity contribution in [1.82, 2.24) is 4.98 Å². The van der Waals surface area contributed by atoms with Crippen molar-refractivity contribution in [3.05, 3.63) is 71.4 Å². The lowest BCUT2D eigenvalue weighted by molar-refractivity contribution is 0.102. The molecule has 0 radical (unpaired) electrons. The summed E-state index contributed by atoms with van der Waals surface area (Å²) >= 11 is 7.33. The lowest BCUT2D eigenvalue weighted by Gasteiger charge is -2.09. The van der Waals surface area contributed by atoms with Crippen molar-refractivity contribution in [3.63, 3.8) is 0 Å². The van der Waals surface area contributed by atoms with Crippen molar-refractivity contribution in [1.29, 1.82) is 0 Å². The maximum atomic E-state index is 12.7. The van der Waals surface area contributed by atoms with Crippen molar-refractivity contribution >= 4 is 35.0 Å². The van der Waals surface area contributed by atoms with Gasteiger partial charge >= 0.3 is 0 Å². The van der Waals surface area contributed by atoms with Gasteiger partial charge in [-0.15, -0.1) is 0 Å². The number of rotatable bonds is 4. The van der Waals surface area contributed by atoms with E-state index in [2.05, 4.69) is 10.3 Å². The molecule has 0 saturated carbocycles. The lowest BCUT2D eigenvalue weighted by Crippen LogP contribution is -2.13. The van der Waals surface area contributed by atoms with Crippen LogP contribution in [0, 0.1) is 0 Å². The van der Waals surface area contributed by atoms with Gasteiger partial charge in [-0.3, -0.25) is 4.79 Å². The molecular weight excluding hydrogens is 372 g/mol. The second-order valence-corrected chi connectivity index (χ2v) is 6.93. The van der Waals surface area contributed by atoms with Gasteiger partial charge in [0.1, 0.15) is 5.03 Å². The summed E-state index contributed by atoms with van der Waals surface area (Å²) in [5, 5.41) is 4.16. The minimum Gasteiger partial charge on any atom is -0.454 e. The lowest BCUT2D eigenvalue weighted by atomic mass is 10.2. The van der Waals surface area contributed by atoms with Crippen LogP contribution in [0.5, 0.6) is 11.5 Å². The quantitative estimate of drug-likeness (QED) is 0.695. The summed E-state index contributed by atoms with van der Waals surface area (Å²) in [5.74, 6) is 1.04. The molecule has 7 heteroatoms. The van der Waals surface area contributed by atoms with E-state index >= 15 is 0 Å². The summed E-state index contributed by atoms with van der Waals surface area (Å²) in [6.45, 7) is 0.192. The molecular formula is C19H13ClN2O3S. The third kappa shape index (κ3) is 3.61. The van der Waals surface area contributed by atoms with Crippen LogP contribution in [0.4, 0.5) is 5.69 Å². The summed E-state index contributed by atoms with van der Waals surface area (Å²) in [6.07, 6.45) is 1.66. The Labute approximate surface area is 159 Å². The van der Waals surface area contributed by atoms with E-state index in [0.717, 1.165) is 4.90 Å². The number of benzene rings is 2. The van der Waals surface area contributed by atoms with Crippen molar-refractivity contribution in [2.45, 2.75) is 9.92 Å². The van der Waals surface area contributed by atoms with Gasteiger partial charge < -0.3 is 14.8 Å². The predicted octanol–water partition coefficient (Wildman–Crippen LogP) is 4.87. The molecule has 130 valence electrons. The number of carbonyl (C=O) groups excluding carboxylic acids is 1. The molecule has 1 N–H and O–H groups in total. The fourth-order valence-electron chi connectivity index (χ4n) is 2.43. The molecule has 5 nitrogen and oxygen atoms in total. The molecule has 0 fully saturated rings. The first kappa shape index (κ1) is 16.8. The minimum absolute atomic E-state index is 0.192. The standard InChI is InChI=1S/C19H13ClN2O3S/c20-12-3-6-14(7-4-12)26-19-15(2-1-9-21-19)18(23)22-13-5-8-16-17(10-13)25-11-24-16/h1-10H,11H2,(H,22,23). The molecule has 2 heterocycles. The zero-order valence-electron chi connectivity index (χ0n) is 13.4. The largest absolute Gasteiger partial charge is 0.454 e. The van der Waals surface area contributed by atoms with Gasteiger partial charge in [-0.05, 0) is 48.5 Å². The average Bonchev–Trinajstić information content (AvgIpc) is 3.12. The second-order valence-electron chi connectivity index (χ2n) is 5.43. The Morgan fingerprint density at radius 2 is 1.88 bits per heavy atom. The van der Waals surface area contributed by atoms with E-state index in [1.165, 1.54) is 11.8 Å². The summed E-state index contributed by atoms with van der Waals surface area (Å²) in [5.41, 5.74) is 1.12. The van der Waals surface area contributed by atoms with Crippen LogP contribution >= 0.6 is 23.4 Å². The third-order valence-electron chi connectivity index (χ3n) is 3.67. The number of nitrogens with zero attached hydrogens (tertiary/aromatic N) is 1. The fourth-order valence-corrected chi connectivity index (χ4v) is 3.44.